The number of aromatic nitrogens is 4. The lowest BCUT2D eigenvalue weighted by molar-refractivity contribution is 0.483. The van der Waals surface area contributed by atoms with Gasteiger partial charge in [0.2, 0.25) is 22.7 Å². The van der Waals surface area contributed by atoms with E-state index in [1.54, 1.807) is 24.3 Å². The molecule has 20 aromatic carbocycles. The van der Waals surface area contributed by atoms with Crippen molar-refractivity contribution >= 4 is 110 Å². The zero-order chi connectivity index (χ0) is 97.8. The second kappa shape index (κ2) is 36.4. The fraction of sp³-hybridized carbons (Fsp3) is 0.0229. The van der Waals surface area contributed by atoms with Crippen LogP contribution in [0.3, 0.4) is 0 Å². The Morgan fingerprint density at radius 2 is 0.368 bits per heavy atom. The van der Waals surface area contributed by atoms with Crippen LogP contribution in [0.2, 0.25) is 0 Å². The van der Waals surface area contributed by atoms with Crippen LogP contribution in [0.5, 0.6) is 11.5 Å². The van der Waals surface area contributed by atoms with Crippen LogP contribution in [0.4, 0.5) is 22.7 Å². The van der Waals surface area contributed by atoms with Crippen LogP contribution < -0.4 is 4.74 Å². The van der Waals surface area contributed by atoms with Gasteiger partial charge >= 0.3 is 0 Å². The molecule has 0 aliphatic heterocycles. The Kier molecular flexibility index (Phi) is 22.1. The van der Waals surface area contributed by atoms with E-state index in [9.17, 15) is 21.0 Å². The average molecular weight is 1840 g/mol. The van der Waals surface area contributed by atoms with Crippen molar-refractivity contribution in [3.8, 4) is 148 Å². The van der Waals surface area contributed by atoms with Gasteiger partial charge in [-0.05, 0) is 234 Å². The maximum absolute atomic E-state index is 11.1. The molecule has 0 fully saturated rings. The summed E-state index contributed by atoms with van der Waals surface area (Å²) < 4.78 is 14.6. The topological polar surface area (TPSA) is 142 Å². The van der Waals surface area contributed by atoms with Crippen molar-refractivity contribution in [1.82, 2.24) is 18.3 Å². The summed E-state index contributed by atoms with van der Waals surface area (Å²) in [7, 11) is 0. The monoisotopic (exact) mass is 1830 g/mol. The lowest BCUT2D eigenvalue weighted by Crippen LogP contribution is -2.20. The number of ether oxygens (including phenoxy) is 1. The first-order valence-corrected chi connectivity index (χ1v) is 47.1. The Labute approximate surface area is 831 Å². The van der Waals surface area contributed by atoms with Gasteiger partial charge < -0.3 is 23.0 Å². The molecule has 13 nitrogen and oxygen atoms in total. The van der Waals surface area contributed by atoms with Gasteiger partial charge in [0, 0.05) is 48.5 Å². The molecule has 0 saturated heterocycles. The third-order valence-electron chi connectivity index (χ3n) is 27.8. The van der Waals surface area contributed by atoms with Crippen LogP contribution in [-0.4, -0.2) is 18.3 Å². The molecule has 0 amide bonds. The maximum atomic E-state index is 11.1. The first-order chi connectivity index (χ1) is 70.8. The number of hydrogen-bond acceptors (Lipinski definition) is 5. The molecule has 0 aliphatic rings. The lowest BCUT2D eigenvalue weighted by Gasteiger charge is -2.29. The number of rotatable bonds is 16. The summed E-state index contributed by atoms with van der Waals surface area (Å²) in [5, 5.41) is 52.0. The highest BCUT2D eigenvalue weighted by Crippen LogP contribution is 2.51. The molecule has 13 heteroatoms. The SMILES string of the molecule is [C-]#[N+]c1cc(C(C)(C)c2cc(C#N)c(-n3c4ccc(-c5ccccc5)cc4c4cc(-c5ccccc5)ccc43)c([N+]#[C-])c2)cc(C#N)c1-n1c2ccc(-c3ccccc3)cc2c2cc(-c3ccccc3)ccc21.[C-]#[N+]c1cc(Oc2cc(C#N)c(-n3c4ccc(-c5ccccc5)cc4c4cc(-c5ccccc5)ccc43)c([N+]#[C-])c2)cc(C#N)c1-n1c2ccc(-c3ccccc3)cc2c2cc(-c3ccccc3)ccc21. The summed E-state index contributed by atoms with van der Waals surface area (Å²) in [6, 6.07) is 156. The molecule has 0 radical (unpaired) electrons. The van der Waals surface area contributed by atoms with Gasteiger partial charge in [-0.2, -0.15) is 21.0 Å². The second-order valence-electron chi connectivity index (χ2n) is 36.2. The molecule has 668 valence electrons. The minimum absolute atomic E-state index is 0.203. The third kappa shape index (κ3) is 15.3. The smallest absolute Gasteiger partial charge is 0.215 e. The second-order valence-corrected chi connectivity index (χ2v) is 36.2. The van der Waals surface area contributed by atoms with Crippen LogP contribution in [0.25, 0.3) is 218 Å². The molecular formula is C131H78N12O. The zero-order valence-electron chi connectivity index (χ0n) is 77.8. The van der Waals surface area contributed by atoms with Gasteiger partial charge in [-0.25, -0.2) is 19.4 Å². The van der Waals surface area contributed by atoms with Crippen LogP contribution >= 0.6 is 0 Å². The maximum Gasteiger partial charge on any atom is 0.215 e. The molecule has 4 heterocycles. The summed E-state index contributed by atoms with van der Waals surface area (Å²) in [6.45, 7) is 38.4. The summed E-state index contributed by atoms with van der Waals surface area (Å²) in [6.07, 6.45) is 0. The summed E-state index contributed by atoms with van der Waals surface area (Å²) in [5.41, 5.74) is 28.6. The molecular weight excluding hydrogens is 1760 g/mol. The Hall–Kier alpha value is -20.7. The van der Waals surface area contributed by atoms with Crippen molar-refractivity contribution in [1.29, 1.82) is 21.0 Å². The van der Waals surface area contributed by atoms with Gasteiger partial charge in [0.1, 0.15) is 23.6 Å². The average Bonchev–Trinajstić information content (AvgIpc) is 1.56. The van der Waals surface area contributed by atoms with Crippen molar-refractivity contribution < 1.29 is 4.74 Å². The van der Waals surface area contributed by atoms with Crippen molar-refractivity contribution in [2.75, 3.05) is 0 Å². The molecule has 24 rings (SSSR count). The number of nitriles is 4. The first-order valence-electron chi connectivity index (χ1n) is 47.1. The van der Waals surface area contributed by atoms with E-state index in [0.29, 0.717) is 56.4 Å². The van der Waals surface area contributed by atoms with E-state index >= 15 is 0 Å². The Morgan fingerprint density at radius 3 is 0.535 bits per heavy atom. The Bertz CT molecular complexity index is 8680. The van der Waals surface area contributed by atoms with Crippen molar-refractivity contribution in [3.05, 3.63) is 516 Å². The summed E-state index contributed by atoms with van der Waals surface area (Å²) >= 11 is 0. The first kappa shape index (κ1) is 87.4. The molecule has 0 N–H and O–H groups in total. The predicted octanol–water partition coefficient (Wildman–Crippen LogP) is 34.9. The van der Waals surface area contributed by atoms with Crippen LogP contribution in [0.15, 0.2) is 437 Å². The Morgan fingerprint density at radius 1 is 0.201 bits per heavy atom. The van der Waals surface area contributed by atoms with Gasteiger partial charge in [-0.3, -0.25) is 0 Å². The van der Waals surface area contributed by atoms with Crippen LogP contribution in [-0.2, 0) is 5.41 Å². The molecule has 24 aromatic rings. The van der Waals surface area contributed by atoms with E-state index in [1.165, 1.54) is 0 Å². The van der Waals surface area contributed by atoms with Crippen LogP contribution in [0, 0.1) is 71.6 Å². The largest absolute Gasteiger partial charge is 0.460 e. The van der Waals surface area contributed by atoms with Crippen molar-refractivity contribution in [2.45, 2.75) is 19.3 Å². The van der Waals surface area contributed by atoms with Gasteiger partial charge in [0.25, 0.3) is 0 Å². The van der Waals surface area contributed by atoms with Gasteiger partial charge in [-0.15, -0.1) is 0 Å². The van der Waals surface area contributed by atoms with Crippen molar-refractivity contribution in [2.24, 2.45) is 0 Å². The van der Waals surface area contributed by atoms with Crippen molar-refractivity contribution in [3.63, 3.8) is 0 Å². The molecule has 4 aromatic heterocycles. The van der Waals surface area contributed by atoms with E-state index < -0.39 is 5.41 Å². The lowest BCUT2D eigenvalue weighted by atomic mass is 9.76. The fourth-order valence-electron chi connectivity index (χ4n) is 20.7. The zero-order valence-corrected chi connectivity index (χ0v) is 77.8. The minimum Gasteiger partial charge on any atom is -0.460 e. The molecule has 0 aliphatic carbocycles. The highest BCUT2D eigenvalue weighted by atomic mass is 16.5. The normalized spacial score (nSPS) is 11.2. The van der Waals surface area contributed by atoms with E-state index in [1.807, 2.05) is 193 Å². The molecule has 144 heavy (non-hydrogen) atoms. The van der Waals surface area contributed by atoms with E-state index in [2.05, 4.69) is 295 Å². The van der Waals surface area contributed by atoms with E-state index in [4.69, 9.17) is 31.0 Å². The number of fused-ring (bicyclic) bond motifs is 12. The van der Waals surface area contributed by atoms with Crippen LogP contribution in [0.1, 0.15) is 47.2 Å². The molecule has 0 saturated carbocycles. The van der Waals surface area contributed by atoms with Gasteiger partial charge in [-0.1, -0.05) is 317 Å². The summed E-state index contributed by atoms with van der Waals surface area (Å²) in [4.78, 5) is 16.3. The molecule has 0 spiro atoms. The fourth-order valence-corrected chi connectivity index (χ4v) is 20.7. The quantitative estimate of drug-likeness (QED) is 0.0886. The number of benzene rings is 20. The van der Waals surface area contributed by atoms with Gasteiger partial charge in [0.05, 0.1) is 128 Å². The highest BCUT2D eigenvalue weighted by Gasteiger charge is 2.33. The van der Waals surface area contributed by atoms with Gasteiger partial charge in [0.15, 0.2) is 0 Å². The Balaban J connectivity index is 0.000000160. The van der Waals surface area contributed by atoms with E-state index in [0.717, 1.165) is 176 Å². The predicted molar refractivity (Wildman–Crippen MR) is 583 cm³/mol. The highest BCUT2D eigenvalue weighted by molar-refractivity contribution is 6.17. The molecule has 0 atom stereocenters. The third-order valence-corrected chi connectivity index (χ3v) is 27.8. The minimum atomic E-state index is -0.862. The molecule has 0 unspecified atom stereocenters. The number of hydrogen-bond donors (Lipinski definition) is 0. The summed E-state index contributed by atoms with van der Waals surface area (Å²) in [5.74, 6) is 0.447. The molecule has 0 bridgehead atoms. The standard InChI is InChI=1S/C67H42N6.C64H36N6O/c1-67(2,53-33-51(41-68)65(59(39-53)70-3)72-61-29-25-47(43-17-9-5-10-18-43)35-55(61)56-36-48(26-30-62(56)72)44-19-11-6-12-20-44)54-34-52(42-69)66(60(40-54)71-4)73-63-31-27-49(45-21-13-7-14-22-45)37-57(63)58-38-50(28-32-64(58)73)46-23-15-8-16-24-46;1-67-57-37-51(31-49(39-65)63(57)69-59-27-23-45(41-15-7-3-8-16-41)33-53(59)54-34-46(24-28-60(54)69)42-17-9-4-10-18-42)71-52-32-50(40-66)64(58(38-52)68-2)70-61-29-25-47(43-19-11-5-12-20-43)35-55(61)56-36-48(26-30-62(56)70)44-21-13-6-14-22-44/h5-40H,1-2H3;3-38H. The number of nitrogens with zero attached hydrogens (tertiary/aromatic N) is 12. The van der Waals surface area contributed by atoms with E-state index in [-0.39, 0.29) is 34.0 Å².